The van der Waals surface area contributed by atoms with Crippen molar-refractivity contribution in [3.05, 3.63) is 17.3 Å². The van der Waals surface area contributed by atoms with E-state index in [1.165, 1.54) is 11.2 Å². The van der Waals surface area contributed by atoms with E-state index in [1.54, 1.807) is 18.3 Å². The van der Waals surface area contributed by atoms with Gasteiger partial charge in [-0.2, -0.15) is 0 Å². The molecule has 20 heavy (non-hydrogen) atoms. The summed E-state index contributed by atoms with van der Waals surface area (Å²) in [6.07, 6.45) is 2.49. The molecule has 0 unspecified atom stereocenters. The summed E-state index contributed by atoms with van der Waals surface area (Å²) in [6.45, 7) is 4.54. The zero-order chi connectivity index (χ0) is 14.6. The topological polar surface area (TPSA) is 84.0 Å². The summed E-state index contributed by atoms with van der Waals surface area (Å²) in [5, 5.41) is 4.14. The summed E-state index contributed by atoms with van der Waals surface area (Å²) in [7, 11) is -3.14. The first-order chi connectivity index (χ1) is 9.55. The van der Waals surface area contributed by atoms with Crippen LogP contribution < -0.4 is 10.0 Å². The molecule has 0 spiro atoms. The molecule has 2 rings (SSSR count). The van der Waals surface area contributed by atoms with Gasteiger partial charge in [0.2, 0.25) is 10.0 Å². The molecule has 110 valence electrons. The van der Waals surface area contributed by atoms with Crippen LogP contribution in [0.4, 0.5) is 5.82 Å². The Morgan fingerprint density at radius 3 is 2.75 bits per heavy atom. The first-order valence-electron chi connectivity index (χ1n) is 6.50. The number of anilines is 1. The van der Waals surface area contributed by atoms with Crippen molar-refractivity contribution < 1.29 is 8.42 Å². The maximum absolute atomic E-state index is 11.3. The van der Waals surface area contributed by atoms with E-state index in [0.717, 1.165) is 22.5 Å². The number of sulfonamides is 1. The van der Waals surface area contributed by atoms with E-state index in [-0.39, 0.29) is 5.75 Å². The second-order valence-electron chi connectivity index (χ2n) is 4.23. The number of aryl methyl sites for hydroxylation is 1. The lowest BCUT2D eigenvalue weighted by molar-refractivity contribution is 0.584. The van der Waals surface area contributed by atoms with E-state index in [1.807, 2.05) is 0 Å². The first-order valence-corrected chi connectivity index (χ1v) is 8.97. The maximum atomic E-state index is 11.3. The van der Waals surface area contributed by atoms with Crippen molar-refractivity contribution in [2.75, 3.05) is 24.2 Å². The molecule has 2 aromatic rings. The normalized spacial score (nSPS) is 11.9. The number of nitrogens with zero attached hydrogens (tertiary/aromatic N) is 2. The number of rotatable bonds is 7. The van der Waals surface area contributed by atoms with Gasteiger partial charge in [0.25, 0.3) is 0 Å². The second-order valence-corrected chi connectivity index (χ2v) is 7.44. The molecule has 0 radical (unpaired) electrons. The number of thiophene rings is 1. The molecule has 0 saturated heterocycles. The van der Waals surface area contributed by atoms with E-state index >= 15 is 0 Å². The van der Waals surface area contributed by atoms with Crippen LogP contribution >= 0.6 is 11.3 Å². The number of nitrogens with one attached hydrogen (secondary N) is 2. The average Bonchev–Trinajstić information content (AvgIpc) is 2.87. The third-order valence-corrected chi connectivity index (χ3v) is 5.44. The number of hydrogen-bond acceptors (Lipinski definition) is 6. The molecule has 0 aliphatic heterocycles. The van der Waals surface area contributed by atoms with Gasteiger partial charge in [0, 0.05) is 18.0 Å². The van der Waals surface area contributed by atoms with Gasteiger partial charge in [0.15, 0.2) is 0 Å². The van der Waals surface area contributed by atoms with Crippen LogP contribution in [0.5, 0.6) is 0 Å². The maximum Gasteiger partial charge on any atom is 0.211 e. The van der Waals surface area contributed by atoms with Crippen molar-refractivity contribution in [1.82, 2.24) is 14.7 Å². The van der Waals surface area contributed by atoms with E-state index < -0.39 is 10.0 Å². The molecule has 2 aromatic heterocycles. The van der Waals surface area contributed by atoms with Crippen LogP contribution in [0.25, 0.3) is 10.2 Å². The van der Waals surface area contributed by atoms with Gasteiger partial charge >= 0.3 is 0 Å². The Labute approximate surface area is 122 Å². The van der Waals surface area contributed by atoms with Crippen LogP contribution in [-0.2, 0) is 16.4 Å². The molecule has 0 aliphatic carbocycles. The van der Waals surface area contributed by atoms with Crippen molar-refractivity contribution in [1.29, 1.82) is 0 Å². The summed E-state index contributed by atoms with van der Waals surface area (Å²) in [5.74, 6) is 0.844. The standard InChI is InChI=1S/C12H18N4O2S2/c1-3-9-7-10-11(14-8-15-12(10)19-9)13-5-6-16-20(17,18)4-2/h7-8,16H,3-6H2,1-2H3,(H,13,14,15). The van der Waals surface area contributed by atoms with E-state index in [4.69, 9.17) is 0 Å². The second kappa shape index (κ2) is 6.47. The fourth-order valence-electron chi connectivity index (χ4n) is 1.71. The number of hydrogen-bond donors (Lipinski definition) is 2. The van der Waals surface area contributed by atoms with Crippen molar-refractivity contribution in [2.45, 2.75) is 20.3 Å². The third kappa shape index (κ3) is 3.65. The molecule has 0 aliphatic rings. The average molecular weight is 314 g/mol. The Bertz CT molecular complexity index is 682. The summed E-state index contributed by atoms with van der Waals surface area (Å²) in [6, 6.07) is 2.08. The number of aromatic nitrogens is 2. The Hall–Kier alpha value is -1.25. The molecule has 0 amide bonds. The number of fused-ring (bicyclic) bond motifs is 1. The van der Waals surface area contributed by atoms with Crippen LogP contribution in [0.15, 0.2) is 12.4 Å². The Morgan fingerprint density at radius 1 is 1.25 bits per heavy atom. The van der Waals surface area contributed by atoms with Crippen LogP contribution in [0.1, 0.15) is 18.7 Å². The van der Waals surface area contributed by atoms with Gasteiger partial charge in [-0.25, -0.2) is 23.1 Å². The molecular weight excluding hydrogens is 296 g/mol. The predicted molar refractivity (Wildman–Crippen MR) is 82.7 cm³/mol. The highest BCUT2D eigenvalue weighted by molar-refractivity contribution is 7.89. The highest BCUT2D eigenvalue weighted by Crippen LogP contribution is 2.28. The molecule has 0 bridgehead atoms. The zero-order valence-corrected chi connectivity index (χ0v) is 13.1. The van der Waals surface area contributed by atoms with Crippen molar-refractivity contribution >= 4 is 37.4 Å². The molecule has 2 heterocycles. The van der Waals surface area contributed by atoms with Gasteiger partial charge in [0.1, 0.15) is 17.0 Å². The minimum absolute atomic E-state index is 0.0924. The van der Waals surface area contributed by atoms with Crippen molar-refractivity contribution in [3.63, 3.8) is 0 Å². The molecular formula is C12H18N4O2S2. The van der Waals surface area contributed by atoms with E-state index in [9.17, 15) is 8.42 Å². The Kier molecular flexibility index (Phi) is 4.90. The largest absolute Gasteiger partial charge is 0.368 e. The minimum atomic E-state index is -3.14. The van der Waals surface area contributed by atoms with E-state index in [2.05, 4.69) is 33.0 Å². The predicted octanol–water partition coefficient (Wildman–Crippen LogP) is 1.60. The first kappa shape index (κ1) is 15.1. The molecule has 6 nitrogen and oxygen atoms in total. The molecule has 0 aromatic carbocycles. The van der Waals surface area contributed by atoms with Gasteiger partial charge in [-0.05, 0) is 19.4 Å². The lowest BCUT2D eigenvalue weighted by Crippen LogP contribution is -2.30. The lowest BCUT2D eigenvalue weighted by Gasteiger charge is -2.07. The Morgan fingerprint density at radius 2 is 2.05 bits per heavy atom. The molecule has 0 atom stereocenters. The SMILES string of the molecule is CCc1cc2c(NCCNS(=O)(=O)CC)ncnc2s1. The smallest absolute Gasteiger partial charge is 0.211 e. The molecule has 8 heteroatoms. The Balaban J connectivity index is 2.01. The summed E-state index contributed by atoms with van der Waals surface area (Å²) in [4.78, 5) is 10.7. The molecule has 0 fully saturated rings. The highest BCUT2D eigenvalue weighted by Gasteiger charge is 2.08. The van der Waals surface area contributed by atoms with Gasteiger partial charge in [-0.1, -0.05) is 6.92 Å². The van der Waals surface area contributed by atoms with Crippen LogP contribution in [0.2, 0.25) is 0 Å². The van der Waals surface area contributed by atoms with Crippen LogP contribution in [0, 0.1) is 0 Å². The van der Waals surface area contributed by atoms with E-state index in [0.29, 0.717) is 13.1 Å². The van der Waals surface area contributed by atoms with Gasteiger partial charge < -0.3 is 5.32 Å². The minimum Gasteiger partial charge on any atom is -0.368 e. The van der Waals surface area contributed by atoms with Gasteiger partial charge in [0.05, 0.1) is 11.1 Å². The summed E-state index contributed by atoms with van der Waals surface area (Å²) in [5.41, 5.74) is 0. The third-order valence-electron chi connectivity index (χ3n) is 2.85. The lowest BCUT2D eigenvalue weighted by atomic mass is 10.3. The van der Waals surface area contributed by atoms with Crippen molar-refractivity contribution in [2.24, 2.45) is 0 Å². The fraction of sp³-hybridized carbons (Fsp3) is 0.500. The quantitative estimate of drug-likeness (QED) is 0.759. The summed E-state index contributed by atoms with van der Waals surface area (Å²) < 4.78 is 25.1. The van der Waals surface area contributed by atoms with Crippen molar-refractivity contribution in [3.8, 4) is 0 Å². The molecule has 0 saturated carbocycles. The van der Waals surface area contributed by atoms with Crippen LogP contribution in [-0.4, -0.2) is 37.2 Å². The monoisotopic (exact) mass is 314 g/mol. The van der Waals surface area contributed by atoms with Crippen LogP contribution in [0.3, 0.4) is 0 Å². The molecule has 2 N–H and O–H groups in total. The fourth-order valence-corrected chi connectivity index (χ4v) is 3.26. The highest BCUT2D eigenvalue weighted by atomic mass is 32.2. The van der Waals surface area contributed by atoms with Gasteiger partial charge in [-0.3, -0.25) is 0 Å². The summed E-state index contributed by atoms with van der Waals surface area (Å²) >= 11 is 1.66. The van der Waals surface area contributed by atoms with Gasteiger partial charge in [-0.15, -0.1) is 11.3 Å². The zero-order valence-electron chi connectivity index (χ0n) is 11.5.